The maximum absolute atomic E-state index is 15.6. The van der Waals surface area contributed by atoms with Gasteiger partial charge in [0.05, 0.1) is 13.2 Å². The zero-order valence-electron chi connectivity index (χ0n) is 39.0. The smallest absolute Gasteiger partial charge is 0.342 e. The fourth-order valence-corrected chi connectivity index (χ4v) is 12.9. The Morgan fingerprint density at radius 3 is 0.875 bits per heavy atom. The Bertz CT molecular complexity index is 1010. The zero-order valence-corrected chi connectivity index (χ0v) is 39.9. The molecule has 1 aromatic carbocycles. The molecule has 1 N–H and O–H groups in total. The van der Waals surface area contributed by atoms with Gasteiger partial charge in [0, 0.05) is 0 Å². The van der Waals surface area contributed by atoms with Gasteiger partial charge in [0.1, 0.15) is 10.9 Å². The molecule has 0 atom stereocenters. The first kappa shape index (κ1) is 53.2. The molecule has 0 aromatic heterocycles. The van der Waals surface area contributed by atoms with Crippen LogP contribution >= 0.6 is 7.60 Å². The Morgan fingerprint density at radius 2 is 0.643 bits per heavy atom. The maximum Gasteiger partial charge on any atom is 0.342 e. The fourth-order valence-electron chi connectivity index (χ4n) is 9.57. The summed E-state index contributed by atoms with van der Waals surface area (Å²) in [7, 11) is -3.70. The zero-order chi connectivity index (χ0) is 41.4. The second kappa shape index (κ2) is 32.0. The van der Waals surface area contributed by atoms with Gasteiger partial charge in [0.25, 0.3) is 0 Å². The van der Waals surface area contributed by atoms with Crippen LogP contribution in [0.1, 0.15) is 266 Å². The van der Waals surface area contributed by atoms with Crippen molar-refractivity contribution in [2.45, 2.75) is 266 Å². The summed E-state index contributed by atoms with van der Waals surface area (Å²) >= 11 is 0. The van der Waals surface area contributed by atoms with Gasteiger partial charge in [0.2, 0.25) is 0 Å². The van der Waals surface area contributed by atoms with Gasteiger partial charge in [-0.05, 0) is 41.4 Å². The molecule has 0 bridgehead atoms. The molecule has 0 aliphatic carbocycles. The highest BCUT2D eigenvalue weighted by Crippen LogP contribution is 2.77. The van der Waals surface area contributed by atoms with E-state index in [0.29, 0.717) is 13.2 Å². The molecule has 4 nitrogen and oxygen atoms in total. The van der Waals surface area contributed by atoms with E-state index in [9.17, 15) is 5.11 Å². The summed E-state index contributed by atoms with van der Waals surface area (Å²) in [4.78, 5) is 0. The van der Waals surface area contributed by atoms with E-state index in [0.717, 1.165) is 31.2 Å². The van der Waals surface area contributed by atoms with Crippen molar-refractivity contribution in [2.24, 2.45) is 10.8 Å². The van der Waals surface area contributed by atoms with Crippen molar-refractivity contribution >= 4 is 7.60 Å². The maximum atomic E-state index is 15.6. The number of phenolic OH excluding ortho intramolecular Hbond substituents is 1. The van der Waals surface area contributed by atoms with E-state index in [4.69, 9.17) is 9.05 Å². The lowest BCUT2D eigenvalue weighted by molar-refractivity contribution is 0.0701. The van der Waals surface area contributed by atoms with Crippen molar-refractivity contribution in [3.05, 3.63) is 29.8 Å². The molecule has 0 aliphatic rings. The molecule has 0 aliphatic heterocycles. The number of unbranched alkanes of at least 4 members (excludes halogenated alkanes) is 30. The van der Waals surface area contributed by atoms with Gasteiger partial charge in [-0.1, -0.05) is 260 Å². The number of aromatic hydroxyl groups is 1. The van der Waals surface area contributed by atoms with Crippen molar-refractivity contribution in [2.75, 3.05) is 13.2 Å². The van der Waals surface area contributed by atoms with Crippen LogP contribution in [0.2, 0.25) is 0 Å². The van der Waals surface area contributed by atoms with Crippen molar-refractivity contribution < 1.29 is 18.7 Å². The largest absolute Gasteiger partial charge is 0.508 e. The summed E-state index contributed by atoms with van der Waals surface area (Å²) in [5.74, 6) is 0.212. The number of hydrogen-bond donors (Lipinski definition) is 1. The summed E-state index contributed by atoms with van der Waals surface area (Å²) in [6.07, 6.45) is 42.3. The minimum absolute atomic E-state index is 0.212. The van der Waals surface area contributed by atoms with E-state index < -0.39 is 23.6 Å². The average Bonchev–Trinajstić information content (AvgIpc) is 3.14. The molecule has 0 heterocycles. The van der Waals surface area contributed by atoms with Crippen LogP contribution in [-0.4, -0.2) is 18.3 Å². The van der Waals surface area contributed by atoms with E-state index in [1.54, 1.807) is 12.1 Å². The molecule has 0 radical (unpaired) electrons. The third kappa shape index (κ3) is 21.4. The first-order valence-electron chi connectivity index (χ1n) is 24.6. The predicted molar refractivity (Wildman–Crippen MR) is 247 cm³/mol. The molecule has 0 amide bonds. The highest BCUT2D eigenvalue weighted by atomic mass is 31.2. The Morgan fingerprint density at radius 1 is 0.411 bits per heavy atom. The van der Waals surface area contributed by atoms with Crippen LogP contribution in [0, 0.1) is 10.8 Å². The minimum Gasteiger partial charge on any atom is -0.508 e. The van der Waals surface area contributed by atoms with Crippen LogP contribution in [0.25, 0.3) is 0 Å². The van der Waals surface area contributed by atoms with Crippen molar-refractivity contribution in [3.63, 3.8) is 0 Å². The van der Waals surface area contributed by atoms with Crippen LogP contribution in [0.5, 0.6) is 5.75 Å². The second-order valence-electron chi connectivity index (χ2n) is 19.5. The van der Waals surface area contributed by atoms with Gasteiger partial charge in [-0.15, -0.1) is 0 Å². The minimum atomic E-state index is -3.70. The second-order valence-corrected chi connectivity index (χ2v) is 21.7. The van der Waals surface area contributed by atoms with Gasteiger partial charge in [-0.3, -0.25) is 4.57 Å². The normalized spacial score (nSPS) is 12.9. The van der Waals surface area contributed by atoms with Crippen molar-refractivity contribution in [3.8, 4) is 5.75 Å². The molecular weight excluding hydrogens is 708 g/mol. The average molecular weight is 805 g/mol. The standard InChI is InChI=1S/C51H97O4P/c1-9-11-13-15-17-19-21-23-25-27-29-31-33-35-37-39-45-54-56(53,51(49(3,4)5,50(6,7)8)47-41-43-48(52)44-42-47)55-46-40-38-36-34-32-30-28-26-24-22-20-18-16-14-12-10-2/h41-44,52H,9-40,45-46H2,1-8H3. The van der Waals surface area contributed by atoms with Gasteiger partial charge >= 0.3 is 7.60 Å². The summed E-state index contributed by atoms with van der Waals surface area (Å²) < 4.78 is 28.9. The first-order chi connectivity index (χ1) is 26.9. The lowest BCUT2D eigenvalue weighted by Gasteiger charge is -2.55. The van der Waals surface area contributed by atoms with Gasteiger partial charge in [0.15, 0.2) is 0 Å². The molecule has 0 fully saturated rings. The molecule has 56 heavy (non-hydrogen) atoms. The monoisotopic (exact) mass is 805 g/mol. The summed E-state index contributed by atoms with van der Waals surface area (Å²) in [6, 6.07) is 7.32. The van der Waals surface area contributed by atoms with Crippen LogP contribution in [0.3, 0.4) is 0 Å². The quantitative estimate of drug-likeness (QED) is 0.0534. The molecule has 330 valence electrons. The van der Waals surface area contributed by atoms with E-state index >= 15 is 4.57 Å². The molecule has 1 rings (SSSR count). The van der Waals surface area contributed by atoms with Crippen LogP contribution in [0.4, 0.5) is 0 Å². The van der Waals surface area contributed by atoms with Crippen molar-refractivity contribution in [1.82, 2.24) is 0 Å². The number of phenols is 1. The Labute approximate surface area is 350 Å². The third-order valence-electron chi connectivity index (χ3n) is 12.4. The summed E-state index contributed by atoms with van der Waals surface area (Å²) in [6.45, 7) is 18.5. The van der Waals surface area contributed by atoms with Gasteiger partial charge in [-0.2, -0.15) is 0 Å². The molecule has 1 aromatic rings. The lowest BCUT2D eigenvalue weighted by atomic mass is 9.62. The molecule has 0 spiro atoms. The molecule has 0 unspecified atom stereocenters. The summed E-state index contributed by atoms with van der Waals surface area (Å²) in [5.41, 5.74) is 0.0276. The number of hydrogen-bond acceptors (Lipinski definition) is 4. The highest BCUT2D eigenvalue weighted by Gasteiger charge is 2.65. The fraction of sp³-hybridized carbons (Fsp3) is 0.882. The highest BCUT2D eigenvalue weighted by molar-refractivity contribution is 7.55. The molecular formula is C51H97O4P. The van der Waals surface area contributed by atoms with E-state index in [1.165, 1.54) is 180 Å². The van der Waals surface area contributed by atoms with Crippen LogP contribution in [0.15, 0.2) is 24.3 Å². The summed E-state index contributed by atoms with van der Waals surface area (Å²) in [5, 5.41) is 9.32. The first-order valence-corrected chi connectivity index (χ1v) is 26.1. The Hall–Kier alpha value is -0.830. The van der Waals surface area contributed by atoms with Gasteiger partial charge < -0.3 is 14.2 Å². The van der Waals surface area contributed by atoms with E-state index in [-0.39, 0.29) is 5.75 Å². The Kier molecular flexibility index (Phi) is 30.4. The lowest BCUT2D eigenvalue weighted by Crippen LogP contribution is -2.51. The van der Waals surface area contributed by atoms with Crippen LogP contribution in [-0.2, 0) is 18.8 Å². The van der Waals surface area contributed by atoms with E-state index in [2.05, 4.69) is 55.4 Å². The van der Waals surface area contributed by atoms with Crippen LogP contribution < -0.4 is 0 Å². The molecule has 5 heteroatoms. The third-order valence-corrected chi connectivity index (χ3v) is 15.9. The van der Waals surface area contributed by atoms with Gasteiger partial charge in [-0.25, -0.2) is 0 Å². The van der Waals surface area contributed by atoms with E-state index in [1.807, 2.05) is 12.1 Å². The molecule has 0 saturated heterocycles. The SMILES string of the molecule is CCCCCCCCCCCCCCCCCCOP(=O)(OCCCCCCCCCCCCCCCCCC)C(c1ccc(O)cc1)(C(C)(C)C)C(C)(C)C. The topological polar surface area (TPSA) is 55.8 Å². The number of benzene rings is 1. The van der Waals surface area contributed by atoms with Crippen molar-refractivity contribution in [1.29, 1.82) is 0 Å². The number of rotatable bonds is 38. The molecule has 0 saturated carbocycles. The predicted octanol–water partition coefficient (Wildman–Crippen LogP) is 18.4. The Balaban J connectivity index is 2.61.